The van der Waals surface area contributed by atoms with E-state index in [0.717, 1.165) is 16.8 Å². The molecule has 0 aliphatic carbocycles. The lowest BCUT2D eigenvalue weighted by Crippen LogP contribution is -1.97. The molecule has 4 nitrogen and oxygen atoms in total. The molecule has 2 aromatic heterocycles. The van der Waals surface area contributed by atoms with Crippen molar-refractivity contribution < 1.29 is 0 Å². The van der Waals surface area contributed by atoms with Crippen LogP contribution in [0.15, 0.2) is 36.5 Å². The second-order valence-electron chi connectivity index (χ2n) is 4.47. The number of fused-ring (bicyclic) bond motifs is 1. The van der Waals surface area contributed by atoms with Crippen LogP contribution in [0, 0.1) is 6.92 Å². The molecule has 0 radical (unpaired) electrons. The quantitative estimate of drug-likeness (QED) is 0.708. The van der Waals surface area contributed by atoms with Crippen LogP contribution in [0.3, 0.4) is 0 Å². The molecule has 0 spiro atoms. The molecule has 3 aromatic rings. The largest absolute Gasteiger partial charge is 0.382 e. The van der Waals surface area contributed by atoms with Gasteiger partial charge in [0.1, 0.15) is 5.82 Å². The van der Waals surface area contributed by atoms with Crippen molar-refractivity contribution in [1.29, 1.82) is 0 Å². The maximum Gasteiger partial charge on any atom is 0.149 e. The van der Waals surface area contributed by atoms with Gasteiger partial charge >= 0.3 is 0 Å². The summed E-state index contributed by atoms with van der Waals surface area (Å²) >= 11 is 0. The molecule has 0 aliphatic heterocycles. The number of anilines is 1. The standard InChI is InChI=1S/C14H14N4/c1-9-7-12(16-17-14(9)15)11-8-18(2)13-6-4-3-5-10(11)13/h3-8H,1-2H3,(H2,15,17). The van der Waals surface area contributed by atoms with Crippen LogP contribution in [0.1, 0.15) is 5.56 Å². The maximum absolute atomic E-state index is 5.71. The van der Waals surface area contributed by atoms with Crippen molar-refractivity contribution >= 4 is 16.7 Å². The lowest BCUT2D eigenvalue weighted by molar-refractivity contribution is 0.966. The van der Waals surface area contributed by atoms with Gasteiger partial charge in [-0.15, -0.1) is 10.2 Å². The Hall–Kier alpha value is -2.36. The number of hydrogen-bond donors (Lipinski definition) is 1. The van der Waals surface area contributed by atoms with Crippen molar-refractivity contribution in [1.82, 2.24) is 14.8 Å². The molecule has 18 heavy (non-hydrogen) atoms. The highest BCUT2D eigenvalue weighted by atomic mass is 15.1. The summed E-state index contributed by atoms with van der Waals surface area (Å²) in [5.41, 5.74) is 9.79. The van der Waals surface area contributed by atoms with Gasteiger partial charge in [0.15, 0.2) is 0 Å². The van der Waals surface area contributed by atoms with Crippen LogP contribution in [0.4, 0.5) is 5.82 Å². The number of nitrogen functional groups attached to an aromatic ring is 1. The lowest BCUT2D eigenvalue weighted by Gasteiger charge is -2.01. The summed E-state index contributed by atoms with van der Waals surface area (Å²) in [4.78, 5) is 0. The summed E-state index contributed by atoms with van der Waals surface area (Å²) in [5.74, 6) is 0.485. The van der Waals surface area contributed by atoms with Gasteiger partial charge < -0.3 is 10.3 Å². The molecule has 0 unspecified atom stereocenters. The fraction of sp³-hybridized carbons (Fsp3) is 0.143. The molecule has 0 aliphatic rings. The normalized spacial score (nSPS) is 11.0. The number of nitrogens with two attached hydrogens (primary N) is 1. The number of rotatable bonds is 1. The van der Waals surface area contributed by atoms with Crippen molar-refractivity contribution in [3.8, 4) is 11.3 Å². The Kier molecular flexibility index (Phi) is 2.30. The van der Waals surface area contributed by atoms with Crippen LogP contribution in [0.2, 0.25) is 0 Å². The number of aryl methyl sites for hydroxylation is 2. The van der Waals surface area contributed by atoms with Gasteiger partial charge in [-0.25, -0.2) is 0 Å². The van der Waals surface area contributed by atoms with Crippen LogP contribution in [-0.2, 0) is 7.05 Å². The van der Waals surface area contributed by atoms with Crippen LogP contribution < -0.4 is 5.73 Å². The third kappa shape index (κ3) is 1.54. The minimum atomic E-state index is 0.485. The summed E-state index contributed by atoms with van der Waals surface area (Å²) in [5, 5.41) is 9.35. The Labute approximate surface area is 105 Å². The molecule has 0 bridgehead atoms. The Morgan fingerprint density at radius 3 is 2.72 bits per heavy atom. The number of nitrogens with zero attached hydrogens (tertiary/aromatic N) is 3. The van der Waals surface area contributed by atoms with Crippen LogP contribution in [-0.4, -0.2) is 14.8 Å². The van der Waals surface area contributed by atoms with E-state index < -0.39 is 0 Å². The molecule has 0 amide bonds. The molecule has 2 N–H and O–H groups in total. The van der Waals surface area contributed by atoms with Crippen molar-refractivity contribution in [2.45, 2.75) is 6.92 Å². The van der Waals surface area contributed by atoms with E-state index in [9.17, 15) is 0 Å². The van der Waals surface area contributed by atoms with Crippen molar-refractivity contribution in [2.24, 2.45) is 7.05 Å². The fourth-order valence-electron chi connectivity index (χ4n) is 2.17. The topological polar surface area (TPSA) is 56.7 Å². The Bertz CT molecular complexity index is 728. The van der Waals surface area contributed by atoms with E-state index in [1.54, 1.807) is 0 Å². The molecule has 2 heterocycles. The zero-order valence-electron chi connectivity index (χ0n) is 10.4. The monoisotopic (exact) mass is 238 g/mol. The second kappa shape index (κ2) is 3.84. The average Bonchev–Trinajstić information content (AvgIpc) is 2.71. The highest BCUT2D eigenvalue weighted by Crippen LogP contribution is 2.29. The Balaban J connectivity index is 2.28. The van der Waals surface area contributed by atoms with Gasteiger partial charge in [0.25, 0.3) is 0 Å². The molecule has 0 saturated heterocycles. The smallest absolute Gasteiger partial charge is 0.149 e. The van der Waals surface area contributed by atoms with Crippen molar-refractivity contribution in [3.05, 3.63) is 42.1 Å². The van der Waals surface area contributed by atoms with E-state index in [4.69, 9.17) is 5.73 Å². The van der Waals surface area contributed by atoms with Gasteiger partial charge in [-0.1, -0.05) is 18.2 Å². The van der Waals surface area contributed by atoms with Crippen LogP contribution in [0.25, 0.3) is 22.2 Å². The first-order valence-electron chi connectivity index (χ1n) is 5.81. The number of benzene rings is 1. The van der Waals surface area contributed by atoms with E-state index in [2.05, 4.69) is 33.1 Å². The molecular weight excluding hydrogens is 224 g/mol. The zero-order valence-corrected chi connectivity index (χ0v) is 10.4. The first kappa shape index (κ1) is 10.8. The molecule has 1 aromatic carbocycles. The molecule has 4 heteroatoms. The van der Waals surface area contributed by atoms with Gasteiger partial charge in [0.2, 0.25) is 0 Å². The van der Waals surface area contributed by atoms with E-state index >= 15 is 0 Å². The Morgan fingerprint density at radius 1 is 1.17 bits per heavy atom. The molecule has 0 saturated carbocycles. The molecule has 0 fully saturated rings. The molecular formula is C14H14N4. The number of aromatic nitrogens is 3. The minimum absolute atomic E-state index is 0.485. The molecule has 3 rings (SSSR count). The molecule has 0 atom stereocenters. The third-order valence-corrected chi connectivity index (χ3v) is 3.20. The predicted octanol–water partition coefficient (Wildman–Crippen LogP) is 2.53. The summed E-state index contributed by atoms with van der Waals surface area (Å²) in [7, 11) is 2.03. The van der Waals surface area contributed by atoms with E-state index in [0.29, 0.717) is 5.82 Å². The SMILES string of the molecule is Cc1cc(-c2cn(C)c3ccccc23)nnc1N. The predicted molar refractivity (Wildman–Crippen MR) is 73.1 cm³/mol. The van der Waals surface area contributed by atoms with E-state index in [-0.39, 0.29) is 0 Å². The van der Waals surface area contributed by atoms with Gasteiger partial charge in [-0.05, 0) is 24.6 Å². The van der Waals surface area contributed by atoms with Gasteiger partial charge in [-0.2, -0.15) is 0 Å². The average molecular weight is 238 g/mol. The third-order valence-electron chi connectivity index (χ3n) is 3.20. The Morgan fingerprint density at radius 2 is 1.94 bits per heavy atom. The summed E-state index contributed by atoms with van der Waals surface area (Å²) in [6, 6.07) is 10.2. The van der Waals surface area contributed by atoms with Gasteiger partial charge in [0, 0.05) is 29.7 Å². The number of para-hydroxylation sites is 1. The first-order valence-corrected chi connectivity index (χ1v) is 5.81. The van der Waals surface area contributed by atoms with Crippen LogP contribution in [0.5, 0.6) is 0 Å². The first-order chi connectivity index (χ1) is 8.66. The summed E-state index contributed by atoms with van der Waals surface area (Å²) in [6.45, 7) is 1.94. The van der Waals surface area contributed by atoms with E-state index in [1.165, 1.54) is 10.9 Å². The lowest BCUT2D eigenvalue weighted by atomic mass is 10.1. The summed E-state index contributed by atoms with van der Waals surface area (Å²) < 4.78 is 2.10. The highest BCUT2D eigenvalue weighted by molar-refractivity contribution is 5.95. The molecule has 90 valence electrons. The van der Waals surface area contributed by atoms with Gasteiger partial charge in [0.05, 0.1) is 5.69 Å². The van der Waals surface area contributed by atoms with Crippen molar-refractivity contribution in [3.63, 3.8) is 0 Å². The maximum atomic E-state index is 5.71. The highest BCUT2D eigenvalue weighted by Gasteiger charge is 2.10. The summed E-state index contributed by atoms with van der Waals surface area (Å²) in [6.07, 6.45) is 2.07. The van der Waals surface area contributed by atoms with Gasteiger partial charge in [-0.3, -0.25) is 0 Å². The fourth-order valence-corrected chi connectivity index (χ4v) is 2.17. The van der Waals surface area contributed by atoms with Crippen molar-refractivity contribution in [2.75, 3.05) is 5.73 Å². The zero-order chi connectivity index (χ0) is 12.7. The van der Waals surface area contributed by atoms with Crippen LogP contribution >= 0.6 is 0 Å². The number of hydrogen-bond acceptors (Lipinski definition) is 3. The minimum Gasteiger partial charge on any atom is -0.382 e. The second-order valence-corrected chi connectivity index (χ2v) is 4.47. The van der Waals surface area contributed by atoms with E-state index in [1.807, 2.05) is 32.2 Å².